The highest BCUT2D eigenvalue weighted by atomic mass is 19.1. The highest BCUT2D eigenvalue weighted by Crippen LogP contribution is 2.30. The number of amides is 2. The molecular formula is C25H28FN5O4. The van der Waals surface area contributed by atoms with Gasteiger partial charge in [0, 0.05) is 37.1 Å². The molecule has 3 aliphatic heterocycles. The Labute approximate surface area is 201 Å². The average molecular weight is 482 g/mol. The van der Waals surface area contributed by atoms with E-state index >= 15 is 0 Å². The van der Waals surface area contributed by atoms with Crippen molar-refractivity contribution in [2.45, 2.75) is 37.9 Å². The van der Waals surface area contributed by atoms with Gasteiger partial charge in [0.1, 0.15) is 5.82 Å². The van der Waals surface area contributed by atoms with E-state index in [1.165, 1.54) is 12.1 Å². The first-order chi connectivity index (χ1) is 16.9. The molecule has 3 aromatic rings. The van der Waals surface area contributed by atoms with Gasteiger partial charge in [0.15, 0.2) is 5.69 Å². The van der Waals surface area contributed by atoms with Crippen molar-refractivity contribution in [3.63, 3.8) is 0 Å². The van der Waals surface area contributed by atoms with Crippen LogP contribution in [0.15, 0.2) is 42.5 Å². The van der Waals surface area contributed by atoms with E-state index in [1.807, 2.05) is 23.1 Å². The molecule has 6 rings (SSSR count). The first kappa shape index (κ1) is 24.3. The lowest BCUT2D eigenvalue weighted by molar-refractivity contribution is -0.123. The van der Waals surface area contributed by atoms with Gasteiger partial charge in [-0.3, -0.25) is 24.4 Å². The number of halogens is 1. The number of H-pyrrole nitrogens is 1. The molecule has 9 nitrogen and oxygen atoms in total. The van der Waals surface area contributed by atoms with Crippen LogP contribution in [-0.4, -0.2) is 75.6 Å². The second-order valence-corrected chi connectivity index (χ2v) is 8.92. The van der Waals surface area contributed by atoms with Crippen LogP contribution in [0.25, 0.3) is 10.9 Å². The molecule has 0 aliphatic carbocycles. The molecule has 184 valence electrons. The predicted octanol–water partition coefficient (Wildman–Crippen LogP) is 2.18. The number of piperazine rings is 1. The Hall–Kier alpha value is -3.79. The highest BCUT2D eigenvalue weighted by molar-refractivity contribution is 6.05. The second-order valence-electron chi connectivity index (χ2n) is 8.92. The third-order valence-electron chi connectivity index (χ3n) is 6.66. The van der Waals surface area contributed by atoms with Gasteiger partial charge in [-0.05, 0) is 55.3 Å². The van der Waals surface area contributed by atoms with Crippen molar-refractivity contribution >= 4 is 29.2 Å². The molecule has 4 heterocycles. The third kappa shape index (κ3) is 5.48. The number of carboxylic acid groups (broad SMARTS) is 1. The molecule has 35 heavy (non-hydrogen) atoms. The number of nitrogens with zero attached hydrogens (tertiary/aromatic N) is 3. The number of carbonyl (C=O) groups excluding carboxylic acids is 2. The zero-order valence-corrected chi connectivity index (χ0v) is 19.4. The van der Waals surface area contributed by atoms with E-state index in [9.17, 15) is 14.0 Å². The third-order valence-corrected chi connectivity index (χ3v) is 6.66. The van der Waals surface area contributed by atoms with Crippen molar-refractivity contribution in [1.82, 2.24) is 25.3 Å². The average Bonchev–Trinajstić information content (AvgIpc) is 3.27. The molecule has 2 aromatic carbocycles. The van der Waals surface area contributed by atoms with Gasteiger partial charge >= 0.3 is 0 Å². The fourth-order valence-electron chi connectivity index (χ4n) is 4.81. The van der Waals surface area contributed by atoms with Gasteiger partial charge in [-0.2, -0.15) is 5.10 Å². The quantitative estimate of drug-likeness (QED) is 0.481. The maximum atomic E-state index is 13.3. The smallest absolute Gasteiger partial charge is 0.290 e. The summed E-state index contributed by atoms with van der Waals surface area (Å²) in [6.07, 6.45) is 2.35. The lowest BCUT2D eigenvalue weighted by Crippen LogP contribution is -2.62. The lowest BCUT2D eigenvalue weighted by atomic mass is 9.91. The zero-order valence-electron chi connectivity index (χ0n) is 19.4. The van der Waals surface area contributed by atoms with Gasteiger partial charge in [-0.1, -0.05) is 18.2 Å². The standard InChI is InChI=1S/C24H26FN5O2.CH2O2/c1-29-13-19-8-7-18(29)14-30(19)24(32)23-20-10-16(4-9-21(20)27-28-23)11-22(31)26-12-15-2-5-17(25)6-3-15;2-1-3/h2-6,9-10,18-19H,7-8,11-14H2,1H3,(H,26,31)(H,27,28);1H,(H,2,3). The summed E-state index contributed by atoms with van der Waals surface area (Å²) in [5.74, 6) is -0.485. The first-order valence-electron chi connectivity index (χ1n) is 11.5. The van der Waals surface area contributed by atoms with Crippen LogP contribution in [0.3, 0.4) is 0 Å². The predicted molar refractivity (Wildman–Crippen MR) is 127 cm³/mol. The van der Waals surface area contributed by atoms with Crippen LogP contribution >= 0.6 is 0 Å². The molecular weight excluding hydrogens is 453 g/mol. The number of aromatic nitrogens is 2. The maximum Gasteiger partial charge on any atom is 0.290 e. The fourth-order valence-corrected chi connectivity index (χ4v) is 4.81. The summed E-state index contributed by atoms with van der Waals surface area (Å²) < 4.78 is 13.0. The van der Waals surface area contributed by atoms with E-state index in [1.54, 1.807) is 12.1 Å². The molecule has 2 bridgehead atoms. The zero-order chi connectivity index (χ0) is 24.9. The van der Waals surface area contributed by atoms with Crippen LogP contribution in [0.4, 0.5) is 4.39 Å². The Kier molecular flexibility index (Phi) is 7.40. The lowest BCUT2D eigenvalue weighted by Gasteiger charge is -2.50. The Morgan fingerprint density at radius 3 is 2.49 bits per heavy atom. The van der Waals surface area contributed by atoms with Crippen LogP contribution < -0.4 is 5.32 Å². The monoisotopic (exact) mass is 481 g/mol. The van der Waals surface area contributed by atoms with Crippen LogP contribution in [-0.2, 0) is 22.6 Å². The van der Waals surface area contributed by atoms with Crippen LogP contribution in [0, 0.1) is 5.82 Å². The van der Waals surface area contributed by atoms with Gasteiger partial charge < -0.3 is 15.3 Å². The number of hydrogen-bond acceptors (Lipinski definition) is 5. The molecule has 3 N–H and O–H groups in total. The van der Waals surface area contributed by atoms with Crippen molar-refractivity contribution in [3.05, 3.63) is 65.1 Å². The molecule has 0 saturated carbocycles. The number of hydrogen-bond donors (Lipinski definition) is 3. The number of piperidine rings is 2. The highest BCUT2D eigenvalue weighted by Gasteiger charge is 2.40. The van der Waals surface area contributed by atoms with Crippen molar-refractivity contribution < 1.29 is 23.9 Å². The summed E-state index contributed by atoms with van der Waals surface area (Å²) in [4.78, 5) is 38.4. The Morgan fingerprint density at radius 1 is 1.14 bits per heavy atom. The number of benzene rings is 2. The molecule has 2 amide bonds. The van der Waals surface area contributed by atoms with E-state index in [2.05, 4.69) is 27.5 Å². The number of rotatable bonds is 5. The van der Waals surface area contributed by atoms with Crippen LogP contribution in [0.1, 0.15) is 34.5 Å². The summed E-state index contributed by atoms with van der Waals surface area (Å²) in [5.41, 5.74) is 2.84. The Bertz CT molecular complexity index is 1210. The number of likely N-dealkylation sites (N-methyl/N-ethyl adjacent to an activating group) is 1. The van der Waals surface area contributed by atoms with Crippen molar-refractivity contribution in [2.75, 3.05) is 20.1 Å². The molecule has 2 unspecified atom stereocenters. The van der Waals surface area contributed by atoms with Gasteiger partial charge in [0.25, 0.3) is 12.4 Å². The molecule has 3 aliphatic rings. The second kappa shape index (κ2) is 10.6. The van der Waals surface area contributed by atoms with E-state index in [-0.39, 0.29) is 36.6 Å². The van der Waals surface area contributed by atoms with Crippen LogP contribution in [0.5, 0.6) is 0 Å². The largest absolute Gasteiger partial charge is 0.483 e. The minimum atomic E-state index is -0.303. The van der Waals surface area contributed by atoms with E-state index in [4.69, 9.17) is 9.90 Å². The molecule has 2 atom stereocenters. The first-order valence-corrected chi connectivity index (χ1v) is 11.5. The number of nitrogens with one attached hydrogen (secondary N) is 2. The Morgan fingerprint density at radius 2 is 1.83 bits per heavy atom. The number of aromatic amines is 1. The molecule has 0 radical (unpaired) electrons. The van der Waals surface area contributed by atoms with E-state index < -0.39 is 0 Å². The van der Waals surface area contributed by atoms with Gasteiger partial charge in [0.05, 0.1) is 11.9 Å². The van der Waals surface area contributed by atoms with E-state index in [0.717, 1.165) is 48.0 Å². The molecule has 10 heteroatoms. The topological polar surface area (TPSA) is 119 Å². The van der Waals surface area contributed by atoms with Crippen molar-refractivity contribution in [3.8, 4) is 0 Å². The molecule has 3 fully saturated rings. The van der Waals surface area contributed by atoms with Crippen LogP contribution in [0.2, 0.25) is 0 Å². The SMILES string of the molecule is CN1CC2CCC1CN2C(=O)c1n[nH]c2ccc(CC(=O)NCc3ccc(F)cc3)cc12.O=CO. The minimum absolute atomic E-state index is 0.0445. The summed E-state index contributed by atoms with van der Waals surface area (Å²) in [6, 6.07) is 12.3. The van der Waals surface area contributed by atoms with Gasteiger partial charge in [-0.15, -0.1) is 0 Å². The summed E-state index contributed by atoms with van der Waals surface area (Å²) in [7, 11) is 2.12. The normalized spacial score (nSPS) is 19.2. The van der Waals surface area contributed by atoms with Crippen molar-refractivity contribution in [1.29, 1.82) is 0 Å². The van der Waals surface area contributed by atoms with Gasteiger partial charge in [0.2, 0.25) is 5.91 Å². The molecule has 0 spiro atoms. The number of fused-ring (bicyclic) bond motifs is 4. The summed E-state index contributed by atoms with van der Waals surface area (Å²) >= 11 is 0. The Balaban J connectivity index is 0.000000917. The maximum absolute atomic E-state index is 13.3. The number of carbonyl (C=O) groups is 3. The molecule has 1 aromatic heterocycles. The fraction of sp³-hybridized carbons (Fsp3) is 0.360. The summed E-state index contributed by atoms with van der Waals surface area (Å²) in [6.45, 7) is 1.72. The van der Waals surface area contributed by atoms with Crippen molar-refractivity contribution in [2.24, 2.45) is 0 Å². The van der Waals surface area contributed by atoms with Gasteiger partial charge in [-0.25, -0.2) is 4.39 Å². The summed E-state index contributed by atoms with van der Waals surface area (Å²) in [5, 5.41) is 17.8. The minimum Gasteiger partial charge on any atom is -0.483 e. The molecule has 3 saturated heterocycles. The van der Waals surface area contributed by atoms with E-state index in [0.29, 0.717) is 18.3 Å².